The van der Waals surface area contributed by atoms with Crippen molar-refractivity contribution in [1.29, 1.82) is 5.26 Å². The molecule has 140 valence electrons. The summed E-state index contributed by atoms with van der Waals surface area (Å²) < 4.78 is 10.5. The molecule has 0 aliphatic rings. The van der Waals surface area contributed by atoms with Crippen molar-refractivity contribution < 1.29 is 14.3 Å². The van der Waals surface area contributed by atoms with Gasteiger partial charge in [-0.3, -0.25) is 4.79 Å². The number of hydrogen-bond donors (Lipinski definition) is 2. The molecular formula is C20H22N4O3. The SMILES string of the molecule is COc1ccc(CCNC(=O)/C(C#N)=C\Nc2cccc(C)n2)cc1OC. The van der Waals surface area contributed by atoms with E-state index in [4.69, 9.17) is 9.47 Å². The van der Waals surface area contributed by atoms with Crippen molar-refractivity contribution in [3.05, 3.63) is 59.4 Å². The maximum Gasteiger partial charge on any atom is 0.263 e. The molecule has 7 heteroatoms. The lowest BCUT2D eigenvalue weighted by Gasteiger charge is -2.10. The van der Waals surface area contributed by atoms with Crippen LogP contribution >= 0.6 is 0 Å². The Bertz CT molecular complexity index is 872. The molecule has 2 N–H and O–H groups in total. The standard InChI is InChI=1S/C20H22N4O3/c1-14-5-4-6-19(24-14)23-13-16(12-21)20(25)22-10-9-15-7-8-17(26-2)18(11-15)27-3/h4-8,11,13H,9-10H2,1-3H3,(H,22,25)(H,23,24)/b16-13-. The van der Waals surface area contributed by atoms with Crippen LogP contribution in [0, 0.1) is 18.3 Å². The summed E-state index contributed by atoms with van der Waals surface area (Å²) in [5.74, 6) is 1.41. The largest absolute Gasteiger partial charge is 0.493 e. The summed E-state index contributed by atoms with van der Waals surface area (Å²) in [7, 11) is 3.15. The second kappa shape index (κ2) is 9.82. The van der Waals surface area contributed by atoms with E-state index in [1.807, 2.05) is 43.3 Å². The fourth-order valence-corrected chi connectivity index (χ4v) is 2.37. The van der Waals surface area contributed by atoms with Crippen LogP contribution in [0.2, 0.25) is 0 Å². The first-order chi connectivity index (χ1) is 13.1. The van der Waals surface area contributed by atoms with Gasteiger partial charge in [0.25, 0.3) is 5.91 Å². The number of nitrogens with zero attached hydrogens (tertiary/aromatic N) is 2. The van der Waals surface area contributed by atoms with Gasteiger partial charge in [-0.2, -0.15) is 5.26 Å². The highest BCUT2D eigenvalue weighted by Crippen LogP contribution is 2.27. The summed E-state index contributed by atoms with van der Waals surface area (Å²) in [5, 5.41) is 14.8. The number of benzene rings is 1. The number of pyridine rings is 1. The molecule has 0 unspecified atom stereocenters. The Hall–Kier alpha value is -3.53. The van der Waals surface area contributed by atoms with E-state index in [-0.39, 0.29) is 5.57 Å². The van der Waals surface area contributed by atoms with Gasteiger partial charge in [0.15, 0.2) is 11.5 Å². The number of hydrogen-bond acceptors (Lipinski definition) is 6. The topological polar surface area (TPSA) is 96.3 Å². The molecule has 0 atom stereocenters. The zero-order valence-electron chi connectivity index (χ0n) is 15.6. The number of amides is 1. The van der Waals surface area contributed by atoms with Crippen LogP contribution in [0.3, 0.4) is 0 Å². The highest BCUT2D eigenvalue weighted by Gasteiger charge is 2.09. The first-order valence-electron chi connectivity index (χ1n) is 8.37. The molecule has 0 bridgehead atoms. The molecule has 0 fully saturated rings. The van der Waals surface area contributed by atoms with Crippen LogP contribution in [0.15, 0.2) is 48.2 Å². The van der Waals surface area contributed by atoms with Crippen LogP contribution < -0.4 is 20.1 Å². The lowest BCUT2D eigenvalue weighted by atomic mass is 10.1. The van der Waals surface area contributed by atoms with E-state index in [1.165, 1.54) is 6.20 Å². The van der Waals surface area contributed by atoms with Crippen molar-refractivity contribution in [3.63, 3.8) is 0 Å². The first-order valence-corrected chi connectivity index (χ1v) is 8.37. The normalized spacial score (nSPS) is 10.7. The first kappa shape index (κ1) is 19.8. The van der Waals surface area contributed by atoms with Crippen molar-refractivity contribution in [3.8, 4) is 17.6 Å². The Kier molecular flexibility index (Phi) is 7.20. The molecule has 27 heavy (non-hydrogen) atoms. The van der Waals surface area contributed by atoms with E-state index in [1.54, 1.807) is 20.3 Å². The van der Waals surface area contributed by atoms with Crippen LogP contribution in [0.1, 0.15) is 11.3 Å². The minimum atomic E-state index is -0.446. The predicted octanol–water partition coefficient (Wildman–Crippen LogP) is 2.59. The van der Waals surface area contributed by atoms with Crippen molar-refractivity contribution in [1.82, 2.24) is 10.3 Å². The molecule has 1 aromatic carbocycles. The summed E-state index contributed by atoms with van der Waals surface area (Å²) in [5.41, 5.74) is 1.80. The number of aromatic nitrogens is 1. The molecule has 2 rings (SSSR count). The number of methoxy groups -OCH3 is 2. The Balaban J connectivity index is 1.91. The second-order valence-electron chi connectivity index (χ2n) is 5.67. The fourth-order valence-electron chi connectivity index (χ4n) is 2.37. The van der Waals surface area contributed by atoms with E-state index in [0.717, 1.165) is 11.3 Å². The third-order valence-corrected chi connectivity index (χ3v) is 3.76. The smallest absolute Gasteiger partial charge is 0.263 e. The van der Waals surface area contributed by atoms with Gasteiger partial charge in [0.2, 0.25) is 0 Å². The zero-order valence-corrected chi connectivity index (χ0v) is 15.6. The van der Waals surface area contributed by atoms with Gasteiger partial charge in [-0.25, -0.2) is 4.98 Å². The molecule has 1 amide bonds. The Morgan fingerprint density at radius 1 is 1.22 bits per heavy atom. The van der Waals surface area contributed by atoms with E-state index >= 15 is 0 Å². The second-order valence-corrected chi connectivity index (χ2v) is 5.67. The lowest BCUT2D eigenvalue weighted by molar-refractivity contribution is -0.117. The minimum Gasteiger partial charge on any atom is -0.493 e. The molecule has 0 aliphatic heterocycles. The van der Waals surface area contributed by atoms with Gasteiger partial charge in [-0.1, -0.05) is 12.1 Å². The van der Waals surface area contributed by atoms with E-state index in [9.17, 15) is 10.1 Å². The molecule has 0 saturated heterocycles. The summed E-state index contributed by atoms with van der Waals surface area (Å²) in [6.45, 7) is 2.25. The van der Waals surface area contributed by atoms with Crippen molar-refractivity contribution in [2.75, 3.05) is 26.1 Å². The number of nitriles is 1. The highest BCUT2D eigenvalue weighted by molar-refractivity contribution is 5.97. The van der Waals surface area contributed by atoms with Crippen LogP contribution in [0.25, 0.3) is 0 Å². The summed E-state index contributed by atoms with van der Waals surface area (Å²) in [4.78, 5) is 16.4. The Morgan fingerprint density at radius 2 is 2.00 bits per heavy atom. The number of aryl methyl sites for hydroxylation is 1. The summed E-state index contributed by atoms with van der Waals surface area (Å²) in [6, 6.07) is 12.9. The van der Waals surface area contributed by atoms with Gasteiger partial charge >= 0.3 is 0 Å². The molecular weight excluding hydrogens is 344 g/mol. The minimum absolute atomic E-state index is 0.0226. The van der Waals surface area contributed by atoms with Gasteiger partial charge in [0, 0.05) is 18.4 Å². The lowest BCUT2D eigenvalue weighted by Crippen LogP contribution is -2.27. The molecule has 2 aromatic rings. The van der Waals surface area contributed by atoms with Crippen LogP contribution in [0.5, 0.6) is 11.5 Å². The van der Waals surface area contributed by atoms with Gasteiger partial charge in [0.1, 0.15) is 17.5 Å². The number of anilines is 1. The van der Waals surface area contributed by atoms with Gasteiger partial charge < -0.3 is 20.1 Å². The number of ether oxygens (including phenoxy) is 2. The van der Waals surface area contributed by atoms with Gasteiger partial charge in [-0.15, -0.1) is 0 Å². The van der Waals surface area contributed by atoms with E-state index < -0.39 is 5.91 Å². The molecule has 1 aromatic heterocycles. The summed E-state index contributed by atoms with van der Waals surface area (Å²) in [6.07, 6.45) is 1.95. The van der Waals surface area contributed by atoms with Gasteiger partial charge in [0.05, 0.1) is 14.2 Å². The maximum absolute atomic E-state index is 12.2. The van der Waals surface area contributed by atoms with Crippen molar-refractivity contribution >= 4 is 11.7 Å². The molecule has 7 nitrogen and oxygen atoms in total. The van der Waals surface area contributed by atoms with Crippen LogP contribution in [-0.4, -0.2) is 31.7 Å². The monoisotopic (exact) mass is 366 g/mol. The average molecular weight is 366 g/mol. The van der Waals surface area contributed by atoms with E-state index in [2.05, 4.69) is 15.6 Å². The molecule has 0 radical (unpaired) electrons. The van der Waals surface area contributed by atoms with E-state index in [0.29, 0.717) is 30.3 Å². The van der Waals surface area contributed by atoms with Crippen molar-refractivity contribution in [2.24, 2.45) is 0 Å². The quantitative estimate of drug-likeness (QED) is 0.551. The molecule has 1 heterocycles. The maximum atomic E-state index is 12.2. The Morgan fingerprint density at radius 3 is 2.67 bits per heavy atom. The number of carbonyl (C=O) groups excluding carboxylic acids is 1. The highest BCUT2D eigenvalue weighted by atomic mass is 16.5. The fraction of sp³-hybridized carbons (Fsp3) is 0.250. The third-order valence-electron chi connectivity index (χ3n) is 3.76. The van der Waals surface area contributed by atoms with Crippen LogP contribution in [0.4, 0.5) is 5.82 Å². The van der Waals surface area contributed by atoms with Crippen molar-refractivity contribution in [2.45, 2.75) is 13.3 Å². The molecule has 0 saturated carbocycles. The predicted molar refractivity (Wildman–Crippen MR) is 103 cm³/mol. The number of rotatable bonds is 8. The average Bonchev–Trinajstić information content (AvgIpc) is 2.68. The number of carbonyl (C=O) groups is 1. The zero-order chi connectivity index (χ0) is 19.6. The summed E-state index contributed by atoms with van der Waals surface area (Å²) >= 11 is 0. The third kappa shape index (κ3) is 5.75. The molecule has 0 aliphatic carbocycles. The molecule has 0 spiro atoms. The Labute approximate surface area is 158 Å². The van der Waals surface area contributed by atoms with Gasteiger partial charge in [-0.05, 0) is 43.2 Å². The number of nitrogens with one attached hydrogen (secondary N) is 2. The van der Waals surface area contributed by atoms with Crippen LogP contribution in [-0.2, 0) is 11.2 Å².